The number of hydrogen-bond donors (Lipinski definition) is 0. The van der Waals surface area contributed by atoms with Crippen LogP contribution in [0.25, 0.3) is 0 Å². The SMILES string of the molecule is C1=CCCC1.c1ccoc1. The van der Waals surface area contributed by atoms with Crippen LogP contribution in [0.15, 0.2) is 41.2 Å². The Labute approximate surface area is 61.4 Å². The van der Waals surface area contributed by atoms with Crippen molar-refractivity contribution in [2.45, 2.75) is 19.3 Å². The highest BCUT2D eigenvalue weighted by Crippen LogP contribution is 2.05. The molecule has 0 bridgehead atoms. The van der Waals surface area contributed by atoms with Gasteiger partial charge >= 0.3 is 0 Å². The minimum absolute atomic E-state index is 1.32. The van der Waals surface area contributed by atoms with Gasteiger partial charge in [-0.2, -0.15) is 0 Å². The molecule has 0 aromatic carbocycles. The predicted octanol–water partition coefficient (Wildman–Crippen LogP) is 3.01. The van der Waals surface area contributed by atoms with Crippen molar-refractivity contribution in [2.24, 2.45) is 0 Å². The van der Waals surface area contributed by atoms with Crippen LogP contribution in [0.5, 0.6) is 0 Å². The number of rotatable bonds is 0. The van der Waals surface area contributed by atoms with Crippen LogP contribution in [0.1, 0.15) is 19.3 Å². The van der Waals surface area contributed by atoms with E-state index in [4.69, 9.17) is 0 Å². The smallest absolute Gasteiger partial charge is 0.0902 e. The summed E-state index contributed by atoms with van der Waals surface area (Å²) in [6, 6.07) is 3.67. The van der Waals surface area contributed by atoms with Crippen LogP contribution in [0, 0.1) is 0 Å². The van der Waals surface area contributed by atoms with E-state index in [9.17, 15) is 0 Å². The summed E-state index contributed by atoms with van der Waals surface area (Å²) in [5.74, 6) is 0. The van der Waals surface area contributed by atoms with Crippen LogP contribution >= 0.6 is 0 Å². The lowest BCUT2D eigenvalue weighted by molar-refractivity contribution is 0.567. The molecule has 1 aliphatic carbocycles. The van der Waals surface area contributed by atoms with Gasteiger partial charge in [-0.1, -0.05) is 12.2 Å². The van der Waals surface area contributed by atoms with Gasteiger partial charge in [0.25, 0.3) is 0 Å². The fraction of sp³-hybridized carbons (Fsp3) is 0.333. The van der Waals surface area contributed by atoms with Crippen LogP contribution in [0.2, 0.25) is 0 Å². The van der Waals surface area contributed by atoms with Crippen LogP contribution in [-0.2, 0) is 0 Å². The van der Waals surface area contributed by atoms with Crippen molar-refractivity contribution in [3.63, 3.8) is 0 Å². The molecule has 0 N–H and O–H groups in total. The van der Waals surface area contributed by atoms with Crippen molar-refractivity contribution >= 4 is 0 Å². The summed E-state index contributed by atoms with van der Waals surface area (Å²) >= 11 is 0. The summed E-state index contributed by atoms with van der Waals surface area (Å²) in [4.78, 5) is 0. The lowest BCUT2D eigenvalue weighted by atomic mass is 10.4. The molecule has 1 heteroatoms. The fourth-order valence-electron chi connectivity index (χ4n) is 0.816. The van der Waals surface area contributed by atoms with Crippen LogP contribution in [0.3, 0.4) is 0 Å². The first-order valence-corrected chi connectivity index (χ1v) is 3.62. The molecule has 10 heavy (non-hydrogen) atoms. The second-order valence-electron chi connectivity index (χ2n) is 2.20. The maximum Gasteiger partial charge on any atom is 0.0902 e. The molecule has 1 heterocycles. The van der Waals surface area contributed by atoms with Gasteiger partial charge in [-0.05, 0) is 31.4 Å². The van der Waals surface area contributed by atoms with Gasteiger partial charge in [-0.25, -0.2) is 0 Å². The molecule has 1 aromatic rings. The highest BCUT2D eigenvalue weighted by molar-refractivity contribution is 4.88. The zero-order valence-electron chi connectivity index (χ0n) is 5.99. The van der Waals surface area contributed by atoms with E-state index < -0.39 is 0 Å². The Morgan fingerprint density at radius 1 is 0.900 bits per heavy atom. The lowest BCUT2D eigenvalue weighted by Gasteiger charge is -1.69. The molecule has 0 spiro atoms. The summed E-state index contributed by atoms with van der Waals surface area (Å²) in [6.07, 6.45) is 11.8. The van der Waals surface area contributed by atoms with Gasteiger partial charge in [-0.3, -0.25) is 0 Å². The van der Waals surface area contributed by atoms with Crippen molar-refractivity contribution in [1.29, 1.82) is 0 Å². The largest absolute Gasteiger partial charge is 0.473 e. The quantitative estimate of drug-likeness (QED) is 0.500. The lowest BCUT2D eigenvalue weighted by Crippen LogP contribution is -1.50. The molecule has 2 rings (SSSR count). The van der Waals surface area contributed by atoms with E-state index in [0.29, 0.717) is 0 Å². The minimum Gasteiger partial charge on any atom is -0.473 e. The standard InChI is InChI=1S/C5H8.C4H4O/c2*1-2-4-5-3-1/h1-2H,3-5H2;1-4H. The van der Waals surface area contributed by atoms with Crippen LogP contribution < -0.4 is 0 Å². The van der Waals surface area contributed by atoms with E-state index in [1.54, 1.807) is 12.5 Å². The van der Waals surface area contributed by atoms with Crippen LogP contribution in [0.4, 0.5) is 0 Å². The third kappa shape index (κ3) is 3.13. The first-order chi connectivity index (χ1) is 5.00. The molecule has 1 aromatic heterocycles. The van der Waals surface area contributed by atoms with Gasteiger partial charge in [0, 0.05) is 0 Å². The fourth-order valence-corrected chi connectivity index (χ4v) is 0.816. The highest BCUT2D eigenvalue weighted by Gasteiger charge is 1.84. The highest BCUT2D eigenvalue weighted by atomic mass is 16.3. The van der Waals surface area contributed by atoms with E-state index in [1.165, 1.54) is 19.3 Å². The van der Waals surface area contributed by atoms with Gasteiger partial charge in [0.2, 0.25) is 0 Å². The molecule has 1 nitrogen and oxygen atoms in total. The molecule has 0 unspecified atom stereocenters. The van der Waals surface area contributed by atoms with Gasteiger partial charge in [-0.15, -0.1) is 0 Å². The Morgan fingerprint density at radius 2 is 1.50 bits per heavy atom. The summed E-state index contributed by atoms with van der Waals surface area (Å²) in [5, 5.41) is 0. The van der Waals surface area contributed by atoms with Gasteiger partial charge < -0.3 is 4.42 Å². The maximum atomic E-state index is 4.58. The first-order valence-electron chi connectivity index (χ1n) is 3.62. The van der Waals surface area contributed by atoms with E-state index in [-0.39, 0.29) is 0 Å². The summed E-state index contributed by atoms with van der Waals surface area (Å²) in [6.45, 7) is 0. The zero-order chi connectivity index (χ0) is 7.07. The first kappa shape index (κ1) is 7.13. The molecule has 0 fully saturated rings. The van der Waals surface area contributed by atoms with E-state index in [1.807, 2.05) is 12.1 Å². The maximum absolute atomic E-state index is 4.58. The molecule has 0 saturated heterocycles. The molecule has 1 aliphatic rings. The van der Waals surface area contributed by atoms with E-state index in [0.717, 1.165) is 0 Å². The molecule has 0 aliphatic heterocycles. The number of furan rings is 1. The van der Waals surface area contributed by atoms with Crippen molar-refractivity contribution in [3.8, 4) is 0 Å². The predicted molar refractivity (Wildman–Crippen MR) is 41.7 cm³/mol. The van der Waals surface area contributed by atoms with Crippen molar-refractivity contribution in [1.82, 2.24) is 0 Å². The average molecular weight is 136 g/mol. The second kappa shape index (κ2) is 4.86. The van der Waals surface area contributed by atoms with Gasteiger partial charge in [0.1, 0.15) is 0 Å². The molecule has 0 atom stereocenters. The van der Waals surface area contributed by atoms with Crippen molar-refractivity contribution < 1.29 is 4.42 Å². The Kier molecular flexibility index (Phi) is 3.46. The Morgan fingerprint density at radius 3 is 1.70 bits per heavy atom. The number of allylic oxidation sites excluding steroid dienone is 2. The summed E-state index contributed by atoms with van der Waals surface area (Å²) < 4.78 is 4.58. The minimum atomic E-state index is 1.32. The molecule has 0 saturated carbocycles. The summed E-state index contributed by atoms with van der Waals surface area (Å²) in [7, 11) is 0. The second-order valence-corrected chi connectivity index (χ2v) is 2.20. The normalized spacial score (nSPS) is 14.4. The van der Waals surface area contributed by atoms with Crippen LogP contribution in [-0.4, -0.2) is 0 Å². The molecular formula is C9H12O. The third-order valence-electron chi connectivity index (χ3n) is 1.33. The van der Waals surface area contributed by atoms with Crippen molar-refractivity contribution in [2.75, 3.05) is 0 Å². The van der Waals surface area contributed by atoms with Gasteiger partial charge in [0.05, 0.1) is 12.5 Å². The molecule has 0 amide bonds. The molecular weight excluding hydrogens is 124 g/mol. The Bertz CT molecular complexity index is 140. The average Bonchev–Trinajstić information content (AvgIpc) is 2.67. The van der Waals surface area contributed by atoms with Crippen molar-refractivity contribution in [3.05, 3.63) is 36.8 Å². The van der Waals surface area contributed by atoms with E-state index >= 15 is 0 Å². The number of hydrogen-bond acceptors (Lipinski definition) is 1. The Hall–Kier alpha value is -0.980. The summed E-state index contributed by atoms with van der Waals surface area (Å²) in [5.41, 5.74) is 0. The van der Waals surface area contributed by atoms with Gasteiger partial charge in [0.15, 0.2) is 0 Å². The topological polar surface area (TPSA) is 13.1 Å². The molecule has 54 valence electrons. The Balaban J connectivity index is 0.0000001000. The molecule has 0 radical (unpaired) electrons. The monoisotopic (exact) mass is 136 g/mol. The third-order valence-corrected chi connectivity index (χ3v) is 1.33. The zero-order valence-corrected chi connectivity index (χ0v) is 5.99. The van der Waals surface area contributed by atoms with E-state index in [2.05, 4.69) is 16.6 Å².